The van der Waals surface area contributed by atoms with E-state index in [9.17, 15) is 0 Å². The Morgan fingerprint density at radius 1 is 1.33 bits per heavy atom. The predicted octanol–water partition coefficient (Wildman–Crippen LogP) is 1.61. The Balaban J connectivity index is 1.77. The first kappa shape index (κ1) is 14.2. The maximum atomic E-state index is 5.99. The van der Waals surface area contributed by atoms with Gasteiger partial charge < -0.3 is 10.2 Å². The molecule has 2 unspecified atom stereocenters. The lowest BCUT2D eigenvalue weighted by molar-refractivity contribution is 0.190. The molecule has 8 heteroatoms. The van der Waals surface area contributed by atoms with Crippen molar-refractivity contribution in [2.45, 2.75) is 31.8 Å². The van der Waals surface area contributed by atoms with E-state index in [2.05, 4.69) is 44.1 Å². The summed E-state index contributed by atoms with van der Waals surface area (Å²) in [4.78, 5) is 19.0. The number of rotatable bonds is 3. The Morgan fingerprint density at radius 3 is 2.90 bits per heavy atom. The highest BCUT2D eigenvalue weighted by molar-refractivity contribution is 6.28. The van der Waals surface area contributed by atoms with E-state index in [1.807, 2.05) is 0 Å². The van der Waals surface area contributed by atoms with Gasteiger partial charge in [-0.1, -0.05) is 0 Å². The fraction of sp³-hybridized carbons (Fsp3) is 0.538. The number of likely N-dealkylation sites (tertiary alicyclic amines) is 1. The van der Waals surface area contributed by atoms with Crippen LogP contribution in [0.4, 0.5) is 5.95 Å². The Hall–Kier alpha value is -1.73. The molecular formula is C13H18ClN7. The number of hydrogen-bond acceptors (Lipinski definition) is 6. The number of anilines is 1. The minimum absolute atomic E-state index is 0.178. The summed E-state index contributed by atoms with van der Waals surface area (Å²) in [5, 5.41) is 3.55. The highest BCUT2D eigenvalue weighted by Gasteiger charge is 2.23. The summed E-state index contributed by atoms with van der Waals surface area (Å²) in [6.07, 6.45) is 7.19. The summed E-state index contributed by atoms with van der Waals surface area (Å²) in [6, 6.07) is 0.895. The van der Waals surface area contributed by atoms with Gasteiger partial charge in [-0.05, 0) is 38.4 Å². The smallest absolute Gasteiger partial charge is 0.241 e. The van der Waals surface area contributed by atoms with Crippen molar-refractivity contribution in [2.75, 3.05) is 18.9 Å². The van der Waals surface area contributed by atoms with Crippen LogP contribution in [0.5, 0.6) is 0 Å². The van der Waals surface area contributed by atoms with Crippen LogP contribution < -0.4 is 5.32 Å². The molecule has 2 aromatic rings. The van der Waals surface area contributed by atoms with Gasteiger partial charge in [0.2, 0.25) is 17.2 Å². The van der Waals surface area contributed by atoms with Crippen molar-refractivity contribution in [3.05, 3.63) is 24.0 Å². The third-order valence-electron chi connectivity index (χ3n) is 3.87. The van der Waals surface area contributed by atoms with Crippen LogP contribution in [-0.2, 0) is 0 Å². The molecule has 2 aromatic heterocycles. The zero-order chi connectivity index (χ0) is 14.8. The molecule has 21 heavy (non-hydrogen) atoms. The Morgan fingerprint density at radius 2 is 2.19 bits per heavy atom. The van der Waals surface area contributed by atoms with Crippen molar-refractivity contribution in [2.24, 2.45) is 0 Å². The molecule has 1 N–H and O–H groups in total. The van der Waals surface area contributed by atoms with E-state index in [1.165, 1.54) is 0 Å². The molecule has 0 saturated carbocycles. The maximum absolute atomic E-state index is 5.99. The highest BCUT2D eigenvalue weighted by Crippen LogP contribution is 2.19. The number of nitrogens with zero attached hydrogens (tertiary/aromatic N) is 6. The lowest BCUT2D eigenvalue weighted by Crippen LogP contribution is -2.42. The van der Waals surface area contributed by atoms with Crippen molar-refractivity contribution in [3.8, 4) is 5.95 Å². The molecule has 0 spiro atoms. The minimum atomic E-state index is 0.178. The lowest BCUT2D eigenvalue weighted by atomic mass is 9.99. The molecule has 0 aliphatic carbocycles. The molecule has 3 heterocycles. The second-order valence-corrected chi connectivity index (χ2v) is 5.73. The summed E-state index contributed by atoms with van der Waals surface area (Å²) < 4.78 is 1.70. The zero-order valence-electron chi connectivity index (χ0n) is 12.1. The number of nitrogens with one attached hydrogen (secondary N) is 1. The van der Waals surface area contributed by atoms with Crippen molar-refractivity contribution in [1.82, 2.24) is 29.4 Å². The number of imidazole rings is 1. The third-order valence-corrected chi connectivity index (χ3v) is 4.04. The van der Waals surface area contributed by atoms with E-state index in [0.29, 0.717) is 24.0 Å². The molecule has 3 rings (SSSR count). The van der Waals surface area contributed by atoms with Gasteiger partial charge in [-0.15, -0.1) is 0 Å². The standard InChI is InChI=1S/C13H18ClN7/c1-9-7-10(3-5-20(9)2)16-12-17-11(14)18-13(19-12)21-6-4-15-8-21/h4,6,8-10H,3,5,7H2,1-2H3,(H,16,17,18,19). The van der Waals surface area contributed by atoms with Crippen LogP contribution in [0.25, 0.3) is 5.95 Å². The molecule has 1 aliphatic heterocycles. The molecule has 1 aliphatic rings. The molecule has 1 fully saturated rings. The van der Waals surface area contributed by atoms with Crippen LogP contribution >= 0.6 is 11.6 Å². The van der Waals surface area contributed by atoms with Gasteiger partial charge in [0.15, 0.2) is 0 Å². The molecule has 0 bridgehead atoms. The normalized spacial score (nSPS) is 23.2. The van der Waals surface area contributed by atoms with Gasteiger partial charge in [-0.2, -0.15) is 15.0 Å². The molecule has 0 amide bonds. The van der Waals surface area contributed by atoms with Crippen LogP contribution in [0.3, 0.4) is 0 Å². The van der Waals surface area contributed by atoms with Crippen LogP contribution in [0.2, 0.25) is 5.28 Å². The van der Waals surface area contributed by atoms with Gasteiger partial charge in [-0.25, -0.2) is 4.98 Å². The number of halogens is 1. The molecular weight excluding hydrogens is 290 g/mol. The van der Waals surface area contributed by atoms with Crippen LogP contribution in [0.15, 0.2) is 18.7 Å². The first-order valence-electron chi connectivity index (χ1n) is 6.98. The second-order valence-electron chi connectivity index (χ2n) is 5.39. The third kappa shape index (κ3) is 3.30. The first-order chi connectivity index (χ1) is 10.1. The average molecular weight is 308 g/mol. The fourth-order valence-electron chi connectivity index (χ4n) is 2.50. The van der Waals surface area contributed by atoms with Gasteiger partial charge in [0, 0.05) is 31.0 Å². The summed E-state index contributed by atoms with van der Waals surface area (Å²) >= 11 is 5.99. The SMILES string of the molecule is CC1CC(Nc2nc(Cl)nc(-n3ccnc3)n2)CCN1C. The molecule has 1 saturated heterocycles. The Bertz CT molecular complexity index is 601. The quantitative estimate of drug-likeness (QED) is 0.929. The van der Waals surface area contributed by atoms with Gasteiger partial charge >= 0.3 is 0 Å². The van der Waals surface area contributed by atoms with Crippen molar-refractivity contribution in [1.29, 1.82) is 0 Å². The lowest BCUT2D eigenvalue weighted by Gasteiger charge is -2.35. The summed E-state index contributed by atoms with van der Waals surface area (Å²) in [5.74, 6) is 0.983. The van der Waals surface area contributed by atoms with E-state index in [4.69, 9.17) is 11.6 Å². The van der Waals surface area contributed by atoms with E-state index >= 15 is 0 Å². The van der Waals surface area contributed by atoms with Crippen LogP contribution in [0.1, 0.15) is 19.8 Å². The zero-order valence-corrected chi connectivity index (χ0v) is 12.8. The topological polar surface area (TPSA) is 71.8 Å². The monoisotopic (exact) mass is 307 g/mol. The fourth-order valence-corrected chi connectivity index (χ4v) is 2.66. The number of aromatic nitrogens is 5. The largest absolute Gasteiger partial charge is 0.351 e. The van der Waals surface area contributed by atoms with Crippen molar-refractivity contribution < 1.29 is 0 Å². The van der Waals surface area contributed by atoms with E-state index in [1.54, 1.807) is 23.3 Å². The highest BCUT2D eigenvalue weighted by atomic mass is 35.5. The summed E-state index contributed by atoms with van der Waals surface area (Å²) in [5.41, 5.74) is 0. The van der Waals surface area contributed by atoms with E-state index < -0.39 is 0 Å². The van der Waals surface area contributed by atoms with Gasteiger partial charge in [0.1, 0.15) is 6.33 Å². The molecule has 112 valence electrons. The van der Waals surface area contributed by atoms with E-state index in [0.717, 1.165) is 19.4 Å². The van der Waals surface area contributed by atoms with Crippen LogP contribution in [0, 0.1) is 0 Å². The minimum Gasteiger partial charge on any atom is -0.351 e. The van der Waals surface area contributed by atoms with Gasteiger partial charge in [-0.3, -0.25) is 4.57 Å². The average Bonchev–Trinajstić information content (AvgIpc) is 2.96. The van der Waals surface area contributed by atoms with Gasteiger partial charge in [0.05, 0.1) is 0 Å². The van der Waals surface area contributed by atoms with Gasteiger partial charge in [0.25, 0.3) is 0 Å². The first-order valence-corrected chi connectivity index (χ1v) is 7.36. The van der Waals surface area contributed by atoms with Crippen LogP contribution in [-0.4, -0.2) is 55.1 Å². The summed E-state index contributed by atoms with van der Waals surface area (Å²) in [7, 11) is 2.15. The molecule has 7 nitrogen and oxygen atoms in total. The predicted molar refractivity (Wildman–Crippen MR) is 80.7 cm³/mol. The Kier molecular flexibility index (Phi) is 4.03. The second kappa shape index (κ2) is 5.95. The Labute approximate surface area is 128 Å². The maximum Gasteiger partial charge on any atom is 0.241 e. The number of piperidine rings is 1. The van der Waals surface area contributed by atoms with Crippen molar-refractivity contribution in [3.63, 3.8) is 0 Å². The summed E-state index contributed by atoms with van der Waals surface area (Å²) in [6.45, 7) is 3.29. The van der Waals surface area contributed by atoms with E-state index in [-0.39, 0.29) is 5.28 Å². The van der Waals surface area contributed by atoms with Crippen molar-refractivity contribution >= 4 is 17.5 Å². The number of hydrogen-bond donors (Lipinski definition) is 1. The molecule has 2 atom stereocenters. The molecule has 0 aromatic carbocycles. The molecule has 0 radical (unpaired) electrons.